The average Bonchev–Trinajstić information content (AvgIpc) is 2.35. The Labute approximate surface area is 105 Å². The SMILES string of the molecule is CCCN1CC(Cc2ccccc2)NCC1C. The Morgan fingerprint density at radius 2 is 2.06 bits per heavy atom. The smallest absolute Gasteiger partial charge is 0.0236 e. The van der Waals surface area contributed by atoms with Crippen molar-refractivity contribution in [3.8, 4) is 0 Å². The van der Waals surface area contributed by atoms with E-state index in [0.29, 0.717) is 12.1 Å². The molecule has 0 amide bonds. The number of nitrogens with zero attached hydrogens (tertiary/aromatic N) is 1. The number of hydrogen-bond acceptors (Lipinski definition) is 2. The fourth-order valence-corrected chi connectivity index (χ4v) is 2.63. The second-order valence-corrected chi connectivity index (χ2v) is 5.14. The van der Waals surface area contributed by atoms with Gasteiger partial charge in [0.05, 0.1) is 0 Å². The lowest BCUT2D eigenvalue weighted by molar-refractivity contribution is 0.141. The van der Waals surface area contributed by atoms with Crippen molar-refractivity contribution < 1.29 is 0 Å². The highest BCUT2D eigenvalue weighted by atomic mass is 15.2. The van der Waals surface area contributed by atoms with Gasteiger partial charge in [-0.2, -0.15) is 0 Å². The Bertz CT molecular complexity index is 323. The quantitative estimate of drug-likeness (QED) is 0.857. The van der Waals surface area contributed by atoms with E-state index in [0.717, 1.165) is 13.0 Å². The van der Waals surface area contributed by atoms with Crippen molar-refractivity contribution in [1.29, 1.82) is 0 Å². The molecule has 1 heterocycles. The average molecular weight is 232 g/mol. The lowest BCUT2D eigenvalue weighted by atomic mass is 10.0. The van der Waals surface area contributed by atoms with Crippen LogP contribution in [0.15, 0.2) is 30.3 Å². The topological polar surface area (TPSA) is 15.3 Å². The van der Waals surface area contributed by atoms with Crippen LogP contribution in [0.2, 0.25) is 0 Å². The molecule has 1 aliphatic heterocycles. The molecule has 0 bridgehead atoms. The minimum Gasteiger partial charge on any atom is -0.311 e. The third-order valence-corrected chi connectivity index (χ3v) is 3.62. The first-order valence-electron chi connectivity index (χ1n) is 6.81. The van der Waals surface area contributed by atoms with E-state index in [9.17, 15) is 0 Å². The summed E-state index contributed by atoms with van der Waals surface area (Å²) in [6.45, 7) is 8.12. The molecule has 2 rings (SSSR count). The Kier molecular flexibility index (Phi) is 4.57. The first kappa shape index (κ1) is 12.6. The Balaban J connectivity index is 1.90. The van der Waals surface area contributed by atoms with Crippen LogP contribution in [-0.4, -0.2) is 36.6 Å². The molecule has 2 nitrogen and oxygen atoms in total. The molecule has 1 aliphatic rings. The van der Waals surface area contributed by atoms with Crippen LogP contribution in [0.4, 0.5) is 0 Å². The molecule has 2 unspecified atom stereocenters. The molecule has 94 valence electrons. The van der Waals surface area contributed by atoms with Gasteiger partial charge in [-0.1, -0.05) is 37.3 Å². The predicted octanol–water partition coefficient (Wildman–Crippen LogP) is 2.30. The van der Waals surface area contributed by atoms with Crippen molar-refractivity contribution in [3.63, 3.8) is 0 Å². The summed E-state index contributed by atoms with van der Waals surface area (Å²) in [4.78, 5) is 2.62. The van der Waals surface area contributed by atoms with Gasteiger partial charge in [-0.15, -0.1) is 0 Å². The van der Waals surface area contributed by atoms with Crippen LogP contribution in [0.5, 0.6) is 0 Å². The third-order valence-electron chi connectivity index (χ3n) is 3.62. The van der Waals surface area contributed by atoms with Crippen molar-refractivity contribution in [2.24, 2.45) is 0 Å². The van der Waals surface area contributed by atoms with Gasteiger partial charge in [-0.3, -0.25) is 4.90 Å². The lowest BCUT2D eigenvalue weighted by Crippen LogP contribution is -2.56. The summed E-state index contributed by atoms with van der Waals surface area (Å²) in [5, 5.41) is 3.66. The van der Waals surface area contributed by atoms with Crippen LogP contribution < -0.4 is 5.32 Å². The molecular formula is C15H24N2. The Morgan fingerprint density at radius 1 is 1.29 bits per heavy atom. The number of rotatable bonds is 4. The summed E-state index contributed by atoms with van der Waals surface area (Å²) in [6, 6.07) is 12.1. The summed E-state index contributed by atoms with van der Waals surface area (Å²) in [6.07, 6.45) is 2.40. The van der Waals surface area contributed by atoms with E-state index in [1.165, 1.54) is 25.1 Å². The monoisotopic (exact) mass is 232 g/mol. The van der Waals surface area contributed by atoms with E-state index in [-0.39, 0.29) is 0 Å². The van der Waals surface area contributed by atoms with Gasteiger partial charge in [0.15, 0.2) is 0 Å². The van der Waals surface area contributed by atoms with Gasteiger partial charge in [-0.25, -0.2) is 0 Å². The minimum absolute atomic E-state index is 0.611. The van der Waals surface area contributed by atoms with E-state index in [4.69, 9.17) is 0 Å². The summed E-state index contributed by atoms with van der Waals surface area (Å²) < 4.78 is 0. The molecule has 2 heteroatoms. The molecule has 0 aliphatic carbocycles. The minimum atomic E-state index is 0.611. The molecule has 2 atom stereocenters. The second-order valence-electron chi connectivity index (χ2n) is 5.14. The summed E-state index contributed by atoms with van der Waals surface area (Å²) in [5.41, 5.74) is 1.44. The van der Waals surface area contributed by atoms with Crippen molar-refractivity contribution in [3.05, 3.63) is 35.9 Å². The predicted molar refractivity (Wildman–Crippen MR) is 73.3 cm³/mol. The molecule has 0 saturated carbocycles. The summed E-state index contributed by atoms with van der Waals surface area (Å²) in [7, 11) is 0. The maximum atomic E-state index is 3.66. The highest BCUT2D eigenvalue weighted by Crippen LogP contribution is 2.11. The fourth-order valence-electron chi connectivity index (χ4n) is 2.63. The molecule has 1 N–H and O–H groups in total. The fraction of sp³-hybridized carbons (Fsp3) is 0.600. The maximum Gasteiger partial charge on any atom is 0.0236 e. The second kappa shape index (κ2) is 6.18. The first-order chi connectivity index (χ1) is 8.29. The van der Waals surface area contributed by atoms with Gasteiger partial charge in [0.2, 0.25) is 0 Å². The molecule has 17 heavy (non-hydrogen) atoms. The zero-order valence-electron chi connectivity index (χ0n) is 11.0. The molecule has 1 fully saturated rings. The van der Waals surface area contributed by atoms with Gasteiger partial charge in [-0.05, 0) is 31.9 Å². The zero-order chi connectivity index (χ0) is 12.1. The number of piperazine rings is 1. The van der Waals surface area contributed by atoms with E-state index < -0.39 is 0 Å². The van der Waals surface area contributed by atoms with Gasteiger partial charge in [0, 0.05) is 25.2 Å². The first-order valence-corrected chi connectivity index (χ1v) is 6.81. The normalized spacial score (nSPS) is 26.0. The van der Waals surface area contributed by atoms with E-state index >= 15 is 0 Å². The van der Waals surface area contributed by atoms with E-state index in [1.807, 2.05) is 0 Å². The van der Waals surface area contributed by atoms with Crippen molar-refractivity contribution in [2.75, 3.05) is 19.6 Å². The molecule has 1 saturated heterocycles. The van der Waals surface area contributed by atoms with Crippen LogP contribution >= 0.6 is 0 Å². The van der Waals surface area contributed by atoms with Crippen LogP contribution in [0.3, 0.4) is 0 Å². The van der Waals surface area contributed by atoms with Crippen molar-refractivity contribution in [1.82, 2.24) is 10.2 Å². The molecule has 1 aromatic carbocycles. The van der Waals surface area contributed by atoms with Crippen LogP contribution in [0.25, 0.3) is 0 Å². The van der Waals surface area contributed by atoms with Gasteiger partial charge in [0.25, 0.3) is 0 Å². The molecule has 1 aromatic rings. The molecule has 0 radical (unpaired) electrons. The van der Waals surface area contributed by atoms with Crippen LogP contribution in [0.1, 0.15) is 25.8 Å². The van der Waals surface area contributed by atoms with Gasteiger partial charge >= 0.3 is 0 Å². The number of hydrogen-bond donors (Lipinski definition) is 1. The highest BCUT2D eigenvalue weighted by Gasteiger charge is 2.23. The Hall–Kier alpha value is -0.860. The molecule has 0 aromatic heterocycles. The maximum absolute atomic E-state index is 3.66. The standard InChI is InChI=1S/C15H24N2/c1-3-9-17-12-15(16-11-13(17)2)10-14-7-5-4-6-8-14/h4-8,13,15-16H,3,9-12H2,1-2H3. The van der Waals surface area contributed by atoms with Crippen molar-refractivity contribution in [2.45, 2.75) is 38.8 Å². The van der Waals surface area contributed by atoms with Crippen molar-refractivity contribution >= 4 is 0 Å². The molecule has 0 spiro atoms. The largest absolute Gasteiger partial charge is 0.311 e. The Morgan fingerprint density at radius 3 is 2.76 bits per heavy atom. The highest BCUT2D eigenvalue weighted by molar-refractivity contribution is 5.16. The van der Waals surface area contributed by atoms with Gasteiger partial charge in [0.1, 0.15) is 0 Å². The summed E-state index contributed by atoms with van der Waals surface area (Å²) in [5.74, 6) is 0. The van der Waals surface area contributed by atoms with Crippen LogP contribution in [-0.2, 0) is 6.42 Å². The lowest BCUT2D eigenvalue weighted by Gasteiger charge is -2.38. The summed E-state index contributed by atoms with van der Waals surface area (Å²) >= 11 is 0. The van der Waals surface area contributed by atoms with E-state index in [1.54, 1.807) is 0 Å². The van der Waals surface area contributed by atoms with E-state index in [2.05, 4.69) is 54.4 Å². The number of benzene rings is 1. The van der Waals surface area contributed by atoms with Gasteiger partial charge < -0.3 is 5.32 Å². The zero-order valence-corrected chi connectivity index (χ0v) is 11.0. The van der Waals surface area contributed by atoms with Crippen LogP contribution in [0, 0.1) is 0 Å². The molecular weight excluding hydrogens is 208 g/mol. The third kappa shape index (κ3) is 3.55. The number of nitrogens with one attached hydrogen (secondary N) is 1.